The molecule has 2 heterocycles. The highest BCUT2D eigenvalue weighted by Crippen LogP contribution is 2.37. The van der Waals surface area contributed by atoms with Crippen LogP contribution >= 0.6 is 11.6 Å². The summed E-state index contributed by atoms with van der Waals surface area (Å²) in [6.07, 6.45) is -2.22. The third-order valence-corrected chi connectivity index (χ3v) is 6.34. The van der Waals surface area contributed by atoms with E-state index in [1.165, 1.54) is 18.3 Å². The first-order chi connectivity index (χ1) is 17.7. The highest BCUT2D eigenvalue weighted by atomic mass is 35.5. The fraction of sp³-hybridized carbons (Fsp3) is 0.320. The quantitative estimate of drug-likeness (QED) is 0.438. The predicted octanol–water partition coefficient (Wildman–Crippen LogP) is 4.16. The number of aromatic nitrogens is 2. The van der Waals surface area contributed by atoms with Crippen LogP contribution in [0.1, 0.15) is 15.9 Å². The van der Waals surface area contributed by atoms with Gasteiger partial charge < -0.3 is 15.0 Å². The molecule has 196 valence electrons. The first-order valence-corrected chi connectivity index (χ1v) is 11.9. The zero-order chi connectivity index (χ0) is 26.6. The Kier molecular flexibility index (Phi) is 8.03. The maximum Gasteiger partial charge on any atom is 0.416 e. The number of anilines is 1. The molecule has 12 heteroatoms. The van der Waals surface area contributed by atoms with Crippen molar-refractivity contribution in [2.24, 2.45) is 7.05 Å². The molecule has 3 aromatic rings. The maximum atomic E-state index is 13.1. The molecule has 2 amide bonds. The number of piperazine rings is 1. The van der Waals surface area contributed by atoms with Crippen LogP contribution in [0, 0.1) is 0 Å². The molecule has 1 aliphatic heterocycles. The van der Waals surface area contributed by atoms with Crippen molar-refractivity contribution in [3.8, 4) is 17.0 Å². The van der Waals surface area contributed by atoms with Crippen LogP contribution in [0.4, 0.5) is 18.9 Å². The molecule has 0 saturated carbocycles. The van der Waals surface area contributed by atoms with Gasteiger partial charge in [0, 0.05) is 56.6 Å². The largest absolute Gasteiger partial charge is 0.492 e. The van der Waals surface area contributed by atoms with Crippen LogP contribution < -0.4 is 10.1 Å². The van der Waals surface area contributed by atoms with Crippen molar-refractivity contribution in [2.75, 3.05) is 44.6 Å². The number of ether oxygens (including phenoxy) is 1. The minimum absolute atomic E-state index is 0.120. The van der Waals surface area contributed by atoms with Crippen LogP contribution in [-0.2, 0) is 18.0 Å². The van der Waals surface area contributed by atoms with E-state index >= 15 is 0 Å². The lowest BCUT2D eigenvalue weighted by atomic mass is 10.1. The van der Waals surface area contributed by atoms with Gasteiger partial charge in [-0.05, 0) is 36.4 Å². The number of hydrogen-bond donors (Lipinski definition) is 1. The number of aryl methyl sites for hydroxylation is 1. The third-order valence-electron chi connectivity index (χ3n) is 6.06. The second-order valence-electron chi connectivity index (χ2n) is 8.54. The Hall–Kier alpha value is -3.57. The van der Waals surface area contributed by atoms with Crippen molar-refractivity contribution in [2.45, 2.75) is 6.18 Å². The number of nitrogens with one attached hydrogen (secondary N) is 1. The molecule has 8 nitrogen and oxygen atoms in total. The maximum absolute atomic E-state index is 13.1. The summed E-state index contributed by atoms with van der Waals surface area (Å²) in [5.74, 6) is -0.176. The molecule has 0 radical (unpaired) electrons. The van der Waals surface area contributed by atoms with E-state index in [9.17, 15) is 22.8 Å². The smallest absolute Gasteiger partial charge is 0.416 e. The second kappa shape index (κ2) is 11.2. The van der Waals surface area contributed by atoms with E-state index in [4.69, 9.17) is 16.3 Å². The average Bonchev–Trinajstić information content (AvgIpc) is 3.22. The van der Waals surface area contributed by atoms with Gasteiger partial charge in [0.05, 0.1) is 22.5 Å². The van der Waals surface area contributed by atoms with Crippen LogP contribution in [0.15, 0.2) is 48.7 Å². The summed E-state index contributed by atoms with van der Waals surface area (Å²) in [5, 5.41) is 7.19. The van der Waals surface area contributed by atoms with Gasteiger partial charge in [-0.3, -0.25) is 19.2 Å². The molecule has 0 unspecified atom stereocenters. The number of carbonyl (C=O) groups excluding carboxylic acids is 2. The SMILES string of the molecule is Cn1ncc(Cl)c1-c1cc(NC(=O)c2cccc(C(F)(F)F)c2)ccc1OCCN1CCN(C=O)CC1. The van der Waals surface area contributed by atoms with Crippen molar-refractivity contribution in [1.29, 1.82) is 0 Å². The van der Waals surface area contributed by atoms with Gasteiger partial charge >= 0.3 is 6.18 Å². The molecule has 0 spiro atoms. The minimum Gasteiger partial charge on any atom is -0.492 e. The Morgan fingerprint density at radius 3 is 2.57 bits per heavy atom. The Morgan fingerprint density at radius 1 is 1.16 bits per heavy atom. The highest BCUT2D eigenvalue weighted by molar-refractivity contribution is 6.33. The fourth-order valence-electron chi connectivity index (χ4n) is 4.05. The van der Waals surface area contributed by atoms with Crippen LogP contribution in [0.25, 0.3) is 11.3 Å². The summed E-state index contributed by atoms with van der Waals surface area (Å²) < 4.78 is 46.8. The Bertz CT molecular complexity index is 1250. The molecule has 1 N–H and O–H groups in total. The van der Waals surface area contributed by atoms with E-state index in [2.05, 4.69) is 15.3 Å². The summed E-state index contributed by atoms with van der Waals surface area (Å²) in [6, 6.07) is 9.15. The Morgan fingerprint density at radius 2 is 1.92 bits per heavy atom. The number of hydrogen-bond acceptors (Lipinski definition) is 5. The number of rotatable bonds is 8. The van der Waals surface area contributed by atoms with Crippen molar-refractivity contribution in [1.82, 2.24) is 19.6 Å². The van der Waals surface area contributed by atoms with Gasteiger partial charge in [0.2, 0.25) is 6.41 Å². The summed E-state index contributed by atoms with van der Waals surface area (Å²) >= 11 is 6.37. The van der Waals surface area contributed by atoms with Crippen LogP contribution in [0.5, 0.6) is 5.75 Å². The molecule has 37 heavy (non-hydrogen) atoms. The van der Waals surface area contributed by atoms with Crippen molar-refractivity contribution in [3.63, 3.8) is 0 Å². The Balaban J connectivity index is 1.52. The van der Waals surface area contributed by atoms with Gasteiger partial charge in [-0.15, -0.1) is 0 Å². The summed E-state index contributed by atoms with van der Waals surface area (Å²) in [4.78, 5) is 27.5. The predicted molar refractivity (Wildman–Crippen MR) is 133 cm³/mol. The van der Waals surface area contributed by atoms with E-state index in [0.717, 1.165) is 31.6 Å². The summed E-state index contributed by atoms with van der Waals surface area (Å²) in [5.41, 5.74) is 0.458. The van der Waals surface area contributed by atoms with Gasteiger partial charge in [0.15, 0.2) is 0 Å². The van der Waals surface area contributed by atoms with E-state index in [1.807, 2.05) is 0 Å². The van der Waals surface area contributed by atoms with Crippen LogP contribution in [0.3, 0.4) is 0 Å². The second-order valence-corrected chi connectivity index (χ2v) is 8.95. The lowest BCUT2D eigenvalue weighted by Crippen LogP contribution is -2.46. The number of benzene rings is 2. The lowest BCUT2D eigenvalue weighted by molar-refractivity contribution is -0.137. The van der Waals surface area contributed by atoms with Gasteiger partial charge in [-0.1, -0.05) is 17.7 Å². The molecule has 1 saturated heterocycles. The van der Waals surface area contributed by atoms with Crippen molar-refractivity contribution < 1.29 is 27.5 Å². The molecular weight excluding hydrogens is 511 g/mol. The number of halogens is 4. The number of amides is 2. The molecule has 1 aliphatic rings. The zero-order valence-corrected chi connectivity index (χ0v) is 20.7. The van der Waals surface area contributed by atoms with Crippen LogP contribution in [0.2, 0.25) is 5.02 Å². The normalized spacial score (nSPS) is 14.5. The minimum atomic E-state index is -4.55. The molecule has 1 fully saturated rings. The monoisotopic (exact) mass is 535 g/mol. The van der Waals surface area contributed by atoms with Gasteiger partial charge in [0.1, 0.15) is 12.4 Å². The van der Waals surface area contributed by atoms with E-state index < -0.39 is 17.6 Å². The number of carbonyl (C=O) groups is 2. The molecule has 0 atom stereocenters. The molecule has 4 rings (SSSR count). The van der Waals surface area contributed by atoms with Gasteiger partial charge in [0.25, 0.3) is 5.91 Å². The van der Waals surface area contributed by atoms with Gasteiger partial charge in [-0.2, -0.15) is 18.3 Å². The third kappa shape index (κ3) is 6.41. The summed E-state index contributed by atoms with van der Waals surface area (Å²) in [7, 11) is 1.71. The fourth-order valence-corrected chi connectivity index (χ4v) is 4.32. The molecule has 0 bridgehead atoms. The van der Waals surface area contributed by atoms with E-state index in [1.54, 1.807) is 34.8 Å². The van der Waals surface area contributed by atoms with Crippen molar-refractivity contribution in [3.05, 3.63) is 64.8 Å². The lowest BCUT2D eigenvalue weighted by Gasteiger charge is -2.32. The number of nitrogens with zero attached hydrogens (tertiary/aromatic N) is 4. The summed E-state index contributed by atoms with van der Waals surface area (Å²) in [6.45, 7) is 3.87. The first kappa shape index (κ1) is 26.5. The molecule has 2 aromatic carbocycles. The van der Waals surface area contributed by atoms with Crippen molar-refractivity contribution >= 4 is 29.6 Å². The highest BCUT2D eigenvalue weighted by Gasteiger charge is 2.31. The van der Waals surface area contributed by atoms with Crippen LogP contribution in [-0.4, -0.2) is 71.2 Å². The van der Waals surface area contributed by atoms with E-state index in [-0.39, 0.29) is 5.56 Å². The van der Waals surface area contributed by atoms with E-state index in [0.29, 0.717) is 54.0 Å². The van der Waals surface area contributed by atoms with Gasteiger partial charge in [-0.25, -0.2) is 0 Å². The topological polar surface area (TPSA) is 79.7 Å². The average molecular weight is 536 g/mol. The molecule has 0 aliphatic carbocycles. The molecule has 1 aromatic heterocycles. The first-order valence-electron chi connectivity index (χ1n) is 11.5. The number of alkyl halides is 3. The Labute approximate surface area is 216 Å². The standard InChI is InChI=1S/C25H25ClF3N5O3/c1-32-23(21(26)15-30-32)20-14-19(31-24(36)17-3-2-4-18(13-17)25(27,28)29)5-6-22(20)37-12-11-33-7-9-34(16-35)10-8-33/h2-6,13-16H,7-12H2,1H3,(H,31,36). The zero-order valence-electron chi connectivity index (χ0n) is 20.0. The molecular formula is C25H25ClF3N5O3.